The molecule has 3 N–H and O–H groups in total. The molecule has 1 unspecified atom stereocenters. The molecular weight excluding hydrogens is 292 g/mol. The first-order chi connectivity index (χ1) is 9.74. The molecule has 0 bridgehead atoms. The van der Waals surface area contributed by atoms with Crippen molar-refractivity contribution in [2.45, 2.75) is 12.5 Å². The van der Waals surface area contributed by atoms with E-state index in [4.69, 9.17) is 10.5 Å². The van der Waals surface area contributed by atoms with E-state index < -0.39 is 0 Å². The highest BCUT2D eigenvalue weighted by atomic mass is 35.5. The molecule has 0 aliphatic heterocycles. The molecule has 1 heterocycles. The minimum absolute atomic E-state index is 0. The monoisotopic (exact) mass is 310 g/mol. The number of ether oxygens (including phenoxy) is 1. The number of methoxy groups -OCH3 is 1. The molecule has 1 aromatic carbocycles. The van der Waals surface area contributed by atoms with Crippen LogP contribution in [0.2, 0.25) is 0 Å². The molecule has 6 nitrogen and oxygen atoms in total. The van der Waals surface area contributed by atoms with Gasteiger partial charge in [-0.05, 0) is 18.2 Å². The average molecular weight is 311 g/mol. The number of halogens is 1. The number of anilines is 1. The maximum absolute atomic E-state index is 12.0. The summed E-state index contributed by atoms with van der Waals surface area (Å²) in [4.78, 5) is 12.0. The molecule has 0 aliphatic carbocycles. The largest absolute Gasteiger partial charge is 0.380 e. The van der Waals surface area contributed by atoms with Crippen molar-refractivity contribution < 1.29 is 9.53 Å². The van der Waals surface area contributed by atoms with Crippen LogP contribution in [0.3, 0.4) is 0 Å². The van der Waals surface area contributed by atoms with Gasteiger partial charge in [-0.3, -0.25) is 4.79 Å². The third kappa shape index (κ3) is 4.56. The Morgan fingerprint density at radius 3 is 2.81 bits per heavy atom. The highest BCUT2D eigenvalue weighted by Gasteiger charge is 2.13. The lowest BCUT2D eigenvalue weighted by Crippen LogP contribution is -2.28. The van der Waals surface area contributed by atoms with Gasteiger partial charge in [-0.2, -0.15) is 5.10 Å². The van der Waals surface area contributed by atoms with Crippen molar-refractivity contribution in [1.82, 2.24) is 9.78 Å². The molecular formula is C14H19ClN4O2. The average Bonchev–Trinajstić information content (AvgIpc) is 2.99. The van der Waals surface area contributed by atoms with Crippen molar-refractivity contribution in [2.24, 2.45) is 5.73 Å². The fourth-order valence-corrected chi connectivity index (χ4v) is 1.86. The van der Waals surface area contributed by atoms with Crippen molar-refractivity contribution >= 4 is 24.0 Å². The predicted molar refractivity (Wildman–Crippen MR) is 83.9 cm³/mol. The molecule has 0 saturated heterocycles. The van der Waals surface area contributed by atoms with Gasteiger partial charge in [0.1, 0.15) is 0 Å². The highest BCUT2D eigenvalue weighted by molar-refractivity contribution is 5.93. The van der Waals surface area contributed by atoms with E-state index >= 15 is 0 Å². The maximum Gasteiger partial charge on any atom is 0.227 e. The Labute approximate surface area is 129 Å². The third-order valence-corrected chi connectivity index (χ3v) is 2.94. The summed E-state index contributed by atoms with van der Waals surface area (Å²) in [5, 5.41) is 7.03. The molecule has 7 heteroatoms. The van der Waals surface area contributed by atoms with Crippen LogP contribution in [0.15, 0.2) is 42.7 Å². The molecule has 2 aromatic rings. The van der Waals surface area contributed by atoms with Crippen LogP contribution in [0.4, 0.5) is 5.69 Å². The van der Waals surface area contributed by atoms with E-state index in [1.165, 1.54) is 0 Å². The Balaban J connectivity index is 0.00000220. The van der Waals surface area contributed by atoms with Gasteiger partial charge in [0.2, 0.25) is 5.91 Å². The lowest BCUT2D eigenvalue weighted by Gasteiger charge is -2.14. The summed E-state index contributed by atoms with van der Waals surface area (Å²) in [6.45, 7) is 0.310. The Hall–Kier alpha value is -1.89. The standard InChI is InChI=1S/C14H18N4O2.ClH/c1-20-11(10-15)9-14(19)17-12-5-2-3-6-13(12)18-8-4-7-16-18;/h2-8,11H,9-10,15H2,1H3,(H,17,19);1H. The number of rotatable bonds is 6. The zero-order valence-electron chi connectivity index (χ0n) is 11.7. The van der Waals surface area contributed by atoms with Gasteiger partial charge >= 0.3 is 0 Å². The topological polar surface area (TPSA) is 82.2 Å². The molecule has 114 valence electrons. The fraction of sp³-hybridized carbons (Fsp3) is 0.286. The van der Waals surface area contributed by atoms with Gasteiger partial charge < -0.3 is 15.8 Å². The summed E-state index contributed by atoms with van der Waals surface area (Å²) in [5.41, 5.74) is 7.03. The first kappa shape index (κ1) is 17.2. The van der Waals surface area contributed by atoms with Crippen molar-refractivity contribution in [3.8, 4) is 5.69 Å². The second-order valence-electron chi connectivity index (χ2n) is 4.31. The van der Waals surface area contributed by atoms with Crippen LogP contribution in [0.1, 0.15) is 6.42 Å². The second-order valence-corrected chi connectivity index (χ2v) is 4.31. The predicted octanol–water partition coefficient (Wildman–Crippen LogP) is 1.60. The van der Waals surface area contributed by atoms with Crippen molar-refractivity contribution in [3.63, 3.8) is 0 Å². The zero-order valence-corrected chi connectivity index (χ0v) is 12.5. The first-order valence-corrected chi connectivity index (χ1v) is 6.36. The van der Waals surface area contributed by atoms with Gasteiger partial charge in [0.15, 0.2) is 0 Å². The Bertz CT molecular complexity index is 556. The molecule has 0 saturated carbocycles. The molecule has 1 aromatic heterocycles. The van der Waals surface area contributed by atoms with E-state index in [9.17, 15) is 4.79 Å². The van der Waals surface area contributed by atoms with Crippen LogP contribution in [0.5, 0.6) is 0 Å². The summed E-state index contributed by atoms with van der Waals surface area (Å²) in [7, 11) is 1.54. The van der Waals surface area contributed by atoms with E-state index in [0.717, 1.165) is 5.69 Å². The first-order valence-electron chi connectivity index (χ1n) is 6.36. The molecule has 2 rings (SSSR count). The third-order valence-electron chi connectivity index (χ3n) is 2.94. The number of amides is 1. The zero-order chi connectivity index (χ0) is 14.4. The van der Waals surface area contributed by atoms with Crippen molar-refractivity contribution in [3.05, 3.63) is 42.7 Å². The molecule has 0 aliphatic rings. The summed E-state index contributed by atoms with van der Waals surface area (Å²) in [6.07, 6.45) is 3.46. The number of hydrogen-bond donors (Lipinski definition) is 2. The summed E-state index contributed by atoms with van der Waals surface area (Å²) in [5.74, 6) is -0.137. The molecule has 21 heavy (non-hydrogen) atoms. The molecule has 0 fully saturated rings. The molecule has 0 spiro atoms. The molecule has 1 amide bonds. The lowest BCUT2D eigenvalue weighted by atomic mass is 10.2. The number of benzene rings is 1. The minimum Gasteiger partial charge on any atom is -0.380 e. The van der Waals surface area contributed by atoms with Crippen LogP contribution in [-0.4, -0.2) is 35.4 Å². The van der Waals surface area contributed by atoms with Crippen LogP contribution in [0.25, 0.3) is 5.69 Å². The van der Waals surface area contributed by atoms with E-state index in [1.807, 2.05) is 36.5 Å². The summed E-state index contributed by atoms with van der Waals surface area (Å²) >= 11 is 0. The van der Waals surface area contributed by atoms with Crippen LogP contribution >= 0.6 is 12.4 Å². The number of carbonyl (C=O) groups is 1. The van der Waals surface area contributed by atoms with Gasteiger partial charge in [0.05, 0.1) is 23.9 Å². The number of para-hydroxylation sites is 2. The number of hydrogen-bond acceptors (Lipinski definition) is 4. The molecule has 1 atom stereocenters. The lowest BCUT2D eigenvalue weighted by molar-refractivity contribution is -0.118. The smallest absolute Gasteiger partial charge is 0.227 e. The van der Waals surface area contributed by atoms with Gasteiger partial charge in [0, 0.05) is 26.0 Å². The summed E-state index contributed by atoms with van der Waals surface area (Å²) < 4.78 is 6.81. The number of nitrogens with zero attached hydrogens (tertiary/aromatic N) is 2. The van der Waals surface area contributed by atoms with Gasteiger partial charge in [-0.15, -0.1) is 12.4 Å². The Morgan fingerprint density at radius 2 is 2.19 bits per heavy atom. The van der Waals surface area contributed by atoms with Crippen molar-refractivity contribution in [1.29, 1.82) is 0 Å². The fourth-order valence-electron chi connectivity index (χ4n) is 1.86. The van der Waals surface area contributed by atoms with Gasteiger partial charge in [-0.25, -0.2) is 4.68 Å². The quantitative estimate of drug-likeness (QED) is 0.849. The van der Waals surface area contributed by atoms with Crippen LogP contribution < -0.4 is 11.1 Å². The number of nitrogens with one attached hydrogen (secondary N) is 1. The number of carbonyl (C=O) groups excluding carboxylic acids is 1. The Kier molecular flexibility index (Phi) is 6.87. The van der Waals surface area contributed by atoms with Crippen molar-refractivity contribution in [2.75, 3.05) is 19.0 Å². The van der Waals surface area contributed by atoms with E-state index in [2.05, 4.69) is 10.4 Å². The minimum atomic E-state index is -0.271. The number of nitrogens with two attached hydrogens (primary N) is 1. The number of aromatic nitrogens is 2. The van der Waals surface area contributed by atoms with E-state index in [1.54, 1.807) is 18.0 Å². The normalized spacial score (nSPS) is 11.5. The van der Waals surface area contributed by atoms with Gasteiger partial charge in [0.25, 0.3) is 0 Å². The van der Waals surface area contributed by atoms with Gasteiger partial charge in [-0.1, -0.05) is 12.1 Å². The maximum atomic E-state index is 12.0. The summed E-state index contributed by atoms with van der Waals surface area (Å²) in [6, 6.07) is 9.30. The molecule has 0 radical (unpaired) electrons. The highest BCUT2D eigenvalue weighted by Crippen LogP contribution is 2.19. The van der Waals surface area contributed by atoms with E-state index in [0.29, 0.717) is 12.2 Å². The Morgan fingerprint density at radius 1 is 1.43 bits per heavy atom. The van der Waals surface area contributed by atoms with E-state index in [-0.39, 0.29) is 30.8 Å². The van der Waals surface area contributed by atoms with Crippen LogP contribution in [-0.2, 0) is 9.53 Å². The van der Waals surface area contributed by atoms with Crippen LogP contribution in [0, 0.1) is 0 Å². The second kappa shape index (κ2) is 8.41. The SMILES string of the molecule is COC(CN)CC(=O)Nc1ccccc1-n1cccn1.Cl.